The van der Waals surface area contributed by atoms with Crippen molar-refractivity contribution in [3.8, 4) is 17.2 Å². The van der Waals surface area contributed by atoms with Gasteiger partial charge in [0.15, 0.2) is 0 Å². The molecule has 1 fully saturated rings. The fourth-order valence-electron chi connectivity index (χ4n) is 6.27. The number of carbonyl (C=O) groups excluding carboxylic acids is 3. The number of nitrogens with zero attached hydrogens (tertiary/aromatic N) is 4. The largest absolute Gasteiger partial charge is 0.444 e. The minimum atomic E-state index is -0.810. The Morgan fingerprint density at radius 2 is 1.72 bits per heavy atom. The van der Waals surface area contributed by atoms with Gasteiger partial charge in [-0.05, 0) is 71.7 Å². The van der Waals surface area contributed by atoms with Gasteiger partial charge < -0.3 is 23.8 Å². The molecule has 4 aromatic rings. The quantitative estimate of drug-likeness (QED) is 0.238. The summed E-state index contributed by atoms with van der Waals surface area (Å²) in [6, 6.07) is 7.29. The Morgan fingerprint density at radius 3 is 2.40 bits per heavy atom. The Balaban J connectivity index is 1.42. The summed E-state index contributed by atoms with van der Waals surface area (Å²) < 4.78 is 44.5. The minimum Gasteiger partial charge on any atom is -0.444 e. The normalized spacial score (nSPS) is 16.8. The van der Waals surface area contributed by atoms with E-state index in [1.807, 2.05) is 4.57 Å². The van der Waals surface area contributed by atoms with Crippen molar-refractivity contribution in [1.82, 2.24) is 14.4 Å². The molecule has 0 unspecified atom stereocenters. The number of nitriles is 1. The van der Waals surface area contributed by atoms with Gasteiger partial charge in [0.25, 0.3) is 5.91 Å². The molecular weight excluding hydrogens is 628 g/mol. The second kappa shape index (κ2) is 11.5. The van der Waals surface area contributed by atoms with Crippen LogP contribution >= 0.6 is 11.3 Å². The smallest absolute Gasteiger partial charge is 0.412 e. The number of fused-ring (bicyclic) bond motifs is 2. The maximum Gasteiger partial charge on any atom is 0.412 e. The predicted octanol–water partition coefficient (Wildman–Crippen LogP) is 7.49. The number of halogens is 2. The lowest BCUT2D eigenvalue weighted by atomic mass is 9.93. The number of piperazine rings is 1. The van der Waals surface area contributed by atoms with Crippen LogP contribution < -0.4 is 5.32 Å². The van der Waals surface area contributed by atoms with Gasteiger partial charge in [0, 0.05) is 48.7 Å². The highest BCUT2D eigenvalue weighted by Crippen LogP contribution is 2.45. The molecule has 2 aliphatic rings. The van der Waals surface area contributed by atoms with Crippen LogP contribution in [0.25, 0.3) is 32.1 Å². The van der Waals surface area contributed by atoms with E-state index in [0.29, 0.717) is 30.4 Å². The third-order valence-corrected chi connectivity index (χ3v) is 9.23. The van der Waals surface area contributed by atoms with Crippen LogP contribution in [0.4, 0.5) is 23.4 Å². The number of aryl methyl sites for hydroxylation is 1. The number of hydrogen-bond acceptors (Lipinski definition) is 7. The van der Waals surface area contributed by atoms with Gasteiger partial charge in [-0.1, -0.05) is 6.07 Å². The first kappa shape index (κ1) is 32.2. The molecule has 246 valence electrons. The van der Waals surface area contributed by atoms with Crippen LogP contribution in [0.5, 0.6) is 0 Å². The third-order valence-electron chi connectivity index (χ3n) is 8.11. The molecule has 10 nitrogen and oxygen atoms in total. The Labute approximate surface area is 274 Å². The number of benzene rings is 2. The maximum absolute atomic E-state index is 16.4. The lowest BCUT2D eigenvalue weighted by molar-refractivity contribution is 0.00286. The zero-order chi connectivity index (χ0) is 34.0. The zero-order valence-corrected chi connectivity index (χ0v) is 27.8. The molecule has 3 amide bonds. The first-order valence-corrected chi connectivity index (χ1v) is 16.1. The van der Waals surface area contributed by atoms with E-state index in [1.54, 1.807) is 63.6 Å². The Hall–Kier alpha value is -4.70. The topological polar surface area (TPSA) is 117 Å². The summed E-state index contributed by atoms with van der Waals surface area (Å²) in [5.41, 5.74) is -0.407. The van der Waals surface area contributed by atoms with Crippen LogP contribution in [0.1, 0.15) is 63.9 Å². The number of hydrogen-bond donors (Lipinski definition) is 1. The predicted molar refractivity (Wildman–Crippen MR) is 174 cm³/mol. The summed E-state index contributed by atoms with van der Waals surface area (Å²) in [4.78, 5) is 42.7. The molecule has 2 aromatic carbocycles. The van der Waals surface area contributed by atoms with Gasteiger partial charge in [0.1, 0.15) is 33.9 Å². The monoisotopic (exact) mass is 663 g/mol. The van der Waals surface area contributed by atoms with E-state index < -0.39 is 35.0 Å². The summed E-state index contributed by atoms with van der Waals surface area (Å²) in [6.07, 6.45) is 1.08. The van der Waals surface area contributed by atoms with Gasteiger partial charge in [0.05, 0.1) is 27.4 Å². The molecule has 4 heterocycles. The van der Waals surface area contributed by atoms with Gasteiger partial charge in [0.2, 0.25) is 0 Å². The molecule has 0 saturated carbocycles. The highest BCUT2D eigenvalue weighted by molar-refractivity contribution is 7.23. The van der Waals surface area contributed by atoms with Crippen molar-refractivity contribution in [2.75, 3.05) is 25.0 Å². The van der Waals surface area contributed by atoms with Crippen molar-refractivity contribution in [1.29, 1.82) is 5.26 Å². The molecular formula is C34H35F2N5O5S. The van der Waals surface area contributed by atoms with Crippen molar-refractivity contribution in [3.05, 3.63) is 53.2 Å². The number of amides is 3. The van der Waals surface area contributed by atoms with Crippen molar-refractivity contribution < 1.29 is 32.6 Å². The first-order chi connectivity index (χ1) is 22.1. The van der Waals surface area contributed by atoms with E-state index in [0.717, 1.165) is 11.3 Å². The Kier molecular flexibility index (Phi) is 7.91. The molecule has 0 aliphatic carbocycles. The molecule has 0 spiro atoms. The fourth-order valence-corrected chi connectivity index (χ4v) is 7.34. The van der Waals surface area contributed by atoms with Gasteiger partial charge in [-0.15, -0.1) is 11.3 Å². The summed E-state index contributed by atoms with van der Waals surface area (Å²) in [6.45, 7) is 11.8. The van der Waals surface area contributed by atoms with Crippen LogP contribution in [0.2, 0.25) is 0 Å². The number of rotatable bonds is 2. The number of nitrogens with one attached hydrogen (secondary N) is 1. The van der Waals surface area contributed by atoms with E-state index in [-0.39, 0.29) is 62.4 Å². The number of thiophene rings is 1. The average molecular weight is 664 g/mol. The van der Waals surface area contributed by atoms with Gasteiger partial charge in [-0.3, -0.25) is 10.1 Å². The van der Waals surface area contributed by atoms with E-state index >= 15 is 8.78 Å². The van der Waals surface area contributed by atoms with Gasteiger partial charge in [-0.25, -0.2) is 18.4 Å². The summed E-state index contributed by atoms with van der Waals surface area (Å²) in [5, 5.41) is 13.4. The van der Waals surface area contributed by atoms with Crippen LogP contribution in [0.3, 0.4) is 0 Å². The molecule has 6 rings (SSSR count). The maximum atomic E-state index is 16.4. The van der Waals surface area contributed by atoms with E-state index in [1.165, 1.54) is 18.2 Å². The summed E-state index contributed by atoms with van der Waals surface area (Å²) >= 11 is 0.863. The molecule has 1 N–H and O–H groups in total. The first-order valence-electron chi connectivity index (χ1n) is 15.3. The van der Waals surface area contributed by atoms with Crippen LogP contribution in [-0.4, -0.2) is 69.3 Å². The minimum absolute atomic E-state index is 0.0238. The van der Waals surface area contributed by atoms with Crippen molar-refractivity contribution in [3.63, 3.8) is 0 Å². The van der Waals surface area contributed by atoms with Crippen LogP contribution in [0, 0.1) is 23.0 Å². The number of carbonyl (C=O) groups is 3. The van der Waals surface area contributed by atoms with Gasteiger partial charge >= 0.3 is 12.2 Å². The Morgan fingerprint density at radius 1 is 1.00 bits per heavy atom. The number of anilines is 1. The van der Waals surface area contributed by atoms with Crippen molar-refractivity contribution >= 4 is 55.4 Å². The summed E-state index contributed by atoms with van der Waals surface area (Å²) in [5.74, 6) is -1.70. The average Bonchev–Trinajstić information content (AvgIpc) is 3.55. The lowest BCUT2D eigenvalue weighted by Crippen LogP contribution is -2.57. The van der Waals surface area contributed by atoms with Crippen LogP contribution in [0.15, 0.2) is 30.5 Å². The second-order valence-electron chi connectivity index (χ2n) is 13.8. The molecule has 1 saturated heterocycles. The Bertz CT molecular complexity index is 2000. The molecule has 2 aliphatic heterocycles. The van der Waals surface area contributed by atoms with Gasteiger partial charge in [-0.2, -0.15) is 5.26 Å². The molecule has 0 radical (unpaired) electrons. The van der Waals surface area contributed by atoms with E-state index in [2.05, 4.69) is 11.4 Å². The van der Waals surface area contributed by atoms with Crippen LogP contribution in [-0.2, 0) is 16.0 Å². The number of ether oxygens (including phenoxy) is 2. The molecule has 2 aromatic heterocycles. The van der Waals surface area contributed by atoms with E-state index in [4.69, 9.17) is 9.47 Å². The summed E-state index contributed by atoms with van der Waals surface area (Å²) in [7, 11) is 0. The van der Waals surface area contributed by atoms with E-state index in [9.17, 15) is 19.6 Å². The number of aromatic nitrogens is 1. The second-order valence-corrected chi connectivity index (χ2v) is 14.8. The lowest BCUT2D eigenvalue weighted by Gasteiger charge is -2.42. The van der Waals surface area contributed by atoms with Crippen molar-refractivity contribution in [2.45, 2.75) is 71.8 Å². The highest BCUT2D eigenvalue weighted by Gasteiger charge is 2.37. The SMILES string of the molecule is CC(C)(C)OC(=O)Nc1sc2c(F)ccc(-c3c(F)cc4c5c3ccn5CC[C@H]3CN(C(=O)OC(C)(C)C)CCN3C4=O)c2c1C#N. The molecule has 0 bridgehead atoms. The zero-order valence-electron chi connectivity index (χ0n) is 27.0. The standard InChI is InChI=1S/C34H35F2N5O5S/c1-33(2,3)45-31(43)38-29-22(16-37)26-19(7-8-23(35)28(26)47-29)25-20-10-12-39-11-9-18-17-40(32(44)46-34(4,5)6)13-14-41(18)30(42)21(27(20)39)15-24(25)36/h7-8,10,12,15,18H,9,11,13-14,17H2,1-6H3,(H,38,43)/t18-/m0/s1. The fraction of sp³-hybridized carbons (Fsp3) is 0.412. The highest BCUT2D eigenvalue weighted by atomic mass is 32.1. The van der Waals surface area contributed by atoms with Crippen molar-refractivity contribution in [2.24, 2.45) is 0 Å². The molecule has 47 heavy (non-hydrogen) atoms. The third kappa shape index (κ3) is 5.98. The molecule has 13 heteroatoms. The molecule has 1 atom stereocenters.